The Morgan fingerprint density at radius 2 is 1.83 bits per heavy atom. The van der Waals surface area contributed by atoms with E-state index in [1.165, 1.54) is 23.9 Å². The summed E-state index contributed by atoms with van der Waals surface area (Å²) in [5.74, 6) is -0.0887. The Morgan fingerprint density at radius 1 is 1.12 bits per heavy atom. The van der Waals surface area contributed by atoms with Crippen LogP contribution in [0, 0.1) is 0 Å². The fourth-order valence-corrected chi connectivity index (χ4v) is 3.00. The molecule has 0 saturated carbocycles. The first kappa shape index (κ1) is 18.4. The zero-order chi connectivity index (χ0) is 17.6. The molecule has 0 aliphatic heterocycles. The number of thioether (sulfide) groups is 1. The van der Waals surface area contributed by atoms with Crippen molar-refractivity contribution in [3.05, 3.63) is 65.7 Å². The highest BCUT2D eigenvalue weighted by atomic mass is 32.2. The molecular formula is C17H16F3NO2S. The summed E-state index contributed by atoms with van der Waals surface area (Å²) in [6.07, 6.45) is -4.47. The number of hydrogen-bond donors (Lipinski definition) is 2. The first-order valence-electron chi connectivity index (χ1n) is 7.17. The molecule has 0 aromatic heterocycles. The third-order valence-corrected chi connectivity index (χ3v) is 4.41. The third kappa shape index (κ3) is 5.01. The third-order valence-electron chi connectivity index (χ3n) is 3.17. The van der Waals surface area contributed by atoms with E-state index in [-0.39, 0.29) is 12.3 Å². The number of aliphatic hydroxyl groups excluding tert-OH is 1. The molecule has 1 amide bonds. The minimum Gasteiger partial charge on any atom is -0.396 e. The summed E-state index contributed by atoms with van der Waals surface area (Å²) in [5, 5.41) is 10.9. The zero-order valence-corrected chi connectivity index (χ0v) is 13.4. The Hall–Kier alpha value is -1.99. The van der Waals surface area contributed by atoms with Crippen LogP contribution in [0.3, 0.4) is 0 Å². The summed E-state index contributed by atoms with van der Waals surface area (Å²) in [4.78, 5) is 12.5. The van der Waals surface area contributed by atoms with E-state index in [2.05, 4.69) is 5.32 Å². The van der Waals surface area contributed by atoms with Gasteiger partial charge in [0.1, 0.15) is 5.25 Å². The number of carbonyl (C=O) groups is 1. The van der Waals surface area contributed by atoms with Crippen LogP contribution in [0.15, 0.2) is 54.6 Å². The molecule has 1 atom stereocenters. The van der Waals surface area contributed by atoms with Crippen molar-refractivity contribution in [3.63, 3.8) is 0 Å². The topological polar surface area (TPSA) is 49.3 Å². The molecule has 2 aromatic carbocycles. The standard InChI is InChI=1S/C17H16F3NO2S/c18-17(19,20)13-7-4-8-14(11-13)21-16(23)15(24-10-9-22)12-5-2-1-3-6-12/h1-8,11,15,22H,9-10H2,(H,21,23)/t15-/m1/s1. The summed E-state index contributed by atoms with van der Waals surface area (Å²) in [5.41, 5.74) is -0.0136. The van der Waals surface area contributed by atoms with Crippen LogP contribution in [0.25, 0.3) is 0 Å². The summed E-state index contributed by atoms with van der Waals surface area (Å²) in [7, 11) is 0. The number of amides is 1. The minimum absolute atomic E-state index is 0.0837. The summed E-state index contributed by atoms with van der Waals surface area (Å²) in [6.45, 7) is -0.0924. The van der Waals surface area contributed by atoms with E-state index in [0.717, 1.165) is 17.7 Å². The van der Waals surface area contributed by atoms with Gasteiger partial charge in [0, 0.05) is 11.4 Å². The lowest BCUT2D eigenvalue weighted by Crippen LogP contribution is -2.20. The highest BCUT2D eigenvalue weighted by Crippen LogP contribution is 2.32. The van der Waals surface area contributed by atoms with Gasteiger partial charge in [-0.25, -0.2) is 0 Å². The fourth-order valence-electron chi connectivity index (χ4n) is 2.10. The van der Waals surface area contributed by atoms with Crippen LogP contribution < -0.4 is 5.32 Å². The maximum absolute atomic E-state index is 12.8. The van der Waals surface area contributed by atoms with Crippen molar-refractivity contribution in [2.24, 2.45) is 0 Å². The van der Waals surface area contributed by atoms with E-state index in [0.29, 0.717) is 5.75 Å². The number of anilines is 1. The maximum atomic E-state index is 12.8. The van der Waals surface area contributed by atoms with Gasteiger partial charge in [-0.2, -0.15) is 13.2 Å². The van der Waals surface area contributed by atoms with E-state index in [4.69, 9.17) is 5.11 Å². The lowest BCUT2D eigenvalue weighted by atomic mass is 10.1. The molecule has 2 N–H and O–H groups in total. The summed E-state index contributed by atoms with van der Waals surface area (Å²) < 4.78 is 38.3. The lowest BCUT2D eigenvalue weighted by Gasteiger charge is -2.17. The van der Waals surface area contributed by atoms with Crippen LogP contribution >= 0.6 is 11.8 Å². The van der Waals surface area contributed by atoms with Gasteiger partial charge in [-0.1, -0.05) is 36.4 Å². The van der Waals surface area contributed by atoms with Gasteiger partial charge >= 0.3 is 6.18 Å². The van der Waals surface area contributed by atoms with Crippen molar-refractivity contribution in [1.29, 1.82) is 0 Å². The van der Waals surface area contributed by atoms with E-state index >= 15 is 0 Å². The average molecular weight is 355 g/mol. The number of carbonyl (C=O) groups excluding carboxylic acids is 1. The van der Waals surface area contributed by atoms with Crippen molar-refractivity contribution < 1.29 is 23.1 Å². The predicted octanol–water partition coefficient (Wildman–Crippen LogP) is 4.11. The number of benzene rings is 2. The first-order chi connectivity index (χ1) is 11.4. The van der Waals surface area contributed by atoms with Gasteiger partial charge in [-0.3, -0.25) is 4.79 Å². The van der Waals surface area contributed by atoms with Crippen LogP contribution in [0.1, 0.15) is 16.4 Å². The Bertz CT molecular complexity index is 677. The molecule has 0 bridgehead atoms. The molecule has 0 fully saturated rings. The van der Waals surface area contributed by atoms with Crippen LogP contribution in [0.4, 0.5) is 18.9 Å². The minimum atomic E-state index is -4.47. The second kappa shape index (κ2) is 8.21. The number of aliphatic hydroxyl groups is 1. The van der Waals surface area contributed by atoms with Crippen LogP contribution in [0.2, 0.25) is 0 Å². The van der Waals surface area contributed by atoms with Crippen molar-refractivity contribution in [2.45, 2.75) is 11.4 Å². The van der Waals surface area contributed by atoms with Crippen molar-refractivity contribution in [2.75, 3.05) is 17.7 Å². The van der Waals surface area contributed by atoms with Gasteiger partial charge in [0.15, 0.2) is 0 Å². The van der Waals surface area contributed by atoms with E-state index < -0.39 is 22.9 Å². The predicted molar refractivity (Wildman–Crippen MR) is 88.8 cm³/mol. The van der Waals surface area contributed by atoms with Gasteiger partial charge < -0.3 is 10.4 Å². The molecule has 2 rings (SSSR count). The molecule has 0 saturated heterocycles. The van der Waals surface area contributed by atoms with E-state index in [1.54, 1.807) is 24.3 Å². The van der Waals surface area contributed by atoms with Gasteiger partial charge in [0.05, 0.1) is 12.2 Å². The maximum Gasteiger partial charge on any atom is 0.416 e. The second-order valence-electron chi connectivity index (χ2n) is 4.95. The molecule has 0 heterocycles. The molecule has 0 spiro atoms. The molecule has 0 radical (unpaired) electrons. The molecule has 2 aromatic rings. The van der Waals surface area contributed by atoms with Gasteiger partial charge in [0.25, 0.3) is 0 Å². The fraction of sp³-hybridized carbons (Fsp3) is 0.235. The molecule has 3 nitrogen and oxygen atoms in total. The quantitative estimate of drug-likeness (QED) is 0.820. The van der Waals surface area contributed by atoms with Crippen molar-refractivity contribution >= 4 is 23.4 Å². The van der Waals surface area contributed by atoms with Crippen molar-refractivity contribution in [3.8, 4) is 0 Å². The molecule has 0 aliphatic rings. The Morgan fingerprint density at radius 3 is 2.46 bits per heavy atom. The smallest absolute Gasteiger partial charge is 0.396 e. The number of rotatable bonds is 6. The Labute approximate surface area is 141 Å². The Kier molecular flexibility index (Phi) is 6.28. The molecule has 24 heavy (non-hydrogen) atoms. The number of alkyl halides is 3. The van der Waals surface area contributed by atoms with E-state index in [9.17, 15) is 18.0 Å². The lowest BCUT2D eigenvalue weighted by molar-refractivity contribution is -0.137. The second-order valence-corrected chi connectivity index (χ2v) is 6.17. The first-order valence-corrected chi connectivity index (χ1v) is 8.22. The van der Waals surface area contributed by atoms with Crippen molar-refractivity contribution in [1.82, 2.24) is 0 Å². The largest absolute Gasteiger partial charge is 0.416 e. The van der Waals surface area contributed by atoms with Gasteiger partial charge in [-0.15, -0.1) is 11.8 Å². The monoisotopic (exact) mass is 355 g/mol. The highest BCUT2D eigenvalue weighted by molar-refractivity contribution is 8.00. The van der Waals surface area contributed by atoms with Gasteiger partial charge in [-0.05, 0) is 23.8 Å². The molecular weight excluding hydrogens is 339 g/mol. The summed E-state index contributed by atoms with van der Waals surface area (Å²) >= 11 is 1.23. The van der Waals surface area contributed by atoms with E-state index in [1.807, 2.05) is 6.07 Å². The van der Waals surface area contributed by atoms with Gasteiger partial charge in [0.2, 0.25) is 5.91 Å². The molecule has 7 heteroatoms. The summed E-state index contributed by atoms with van der Waals surface area (Å²) in [6, 6.07) is 13.4. The molecule has 128 valence electrons. The van der Waals surface area contributed by atoms with Crippen LogP contribution in [-0.4, -0.2) is 23.4 Å². The number of hydrogen-bond acceptors (Lipinski definition) is 3. The molecule has 0 unspecified atom stereocenters. The van der Waals surface area contributed by atoms with Crippen LogP contribution in [0.5, 0.6) is 0 Å². The molecule has 0 aliphatic carbocycles. The average Bonchev–Trinajstić information content (AvgIpc) is 2.55. The number of nitrogens with one attached hydrogen (secondary N) is 1. The number of halogens is 3. The normalized spacial score (nSPS) is 12.7. The Balaban J connectivity index is 2.19. The zero-order valence-electron chi connectivity index (χ0n) is 12.6. The SMILES string of the molecule is O=C(Nc1cccc(C(F)(F)F)c1)[C@H](SCCO)c1ccccc1. The highest BCUT2D eigenvalue weighted by Gasteiger charge is 2.30. The van der Waals surface area contributed by atoms with Crippen LogP contribution in [-0.2, 0) is 11.0 Å².